The molecule has 0 aliphatic heterocycles. The Bertz CT molecular complexity index is 573. The van der Waals surface area contributed by atoms with E-state index < -0.39 is 0 Å². The Kier molecular flexibility index (Phi) is 4.46. The number of fused-ring (bicyclic) bond motifs is 1. The van der Waals surface area contributed by atoms with E-state index in [0.29, 0.717) is 5.25 Å². The molecule has 0 spiro atoms. The minimum atomic E-state index is -0.0867. The quantitative estimate of drug-likeness (QED) is 0.793. The molecule has 2 heterocycles. The lowest BCUT2D eigenvalue weighted by Gasteiger charge is -2.13. The fourth-order valence-electron chi connectivity index (χ4n) is 2.30. The average Bonchev–Trinajstić information content (AvgIpc) is 2.86. The Balaban J connectivity index is 2.45. The van der Waals surface area contributed by atoms with Crippen LogP contribution in [0.5, 0.6) is 0 Å². The van der Waals surface area contributed by atoms with Crippen molar-refractivity contribution in [1.29, 1.82) is 0 Å². The molecule has 0 bridgehead atoms. The van der Waals surface area contributed by atoms with E-state index in [4.69, 9.17) is 11.6 Å². The second kappa shape index (κ2) is 5.75. The third kappa shape index (κ3) is 2.77. The molecular formula is C13H21ClN4S. The average molecular weight is 301 g/mol. The van der Waals surface area contributed by atoms with E-state index in [-0.39, 0.29) is 5.38 Å². The van der Waals surface area contributed by atoms with Gasteiger partial charge in [0.15, 0.2) is 5.65 Å². The van der Waals surface area contributed by atoms with Gasteiger partial charge in [-0.2, -0.15) is 16.9 Å². The normalized spacial score (nSPS) is 15.1. The van der Waals surface area contributed by atoms with Crippen LogP contribution >= 0.6 is 23.4 Å². The molecule has 2 aromatic rings. The minimum absolute atomic E-state index is 0.0867. The minimum Gasteiger partial charge on any atom is -0.312 e. The molecule has 4 nitrogen and oxygen atoms in total. The van der Waals surface area contributed by atoms with Crippen LogP contribution in [-0.4, -0.2) is 30.8 Å². The fourth-order valence-corrected chi connectivity index (χ4v) is 2.81. The number of thioether (sulfide) groups is 1. The second-order valence-electron chi connectivity index (χ2n) is 4.95. The molecule has 6 heteroatoms. The van der Waals surface area contributed by atoms with Crippen molar-refractivity contribution >= 4 is 34.5 Å². The summed E-state index contributed by atoms with van der Waals surface area (Å²) in [6, 6.07) is 0. The van der Waals surface area contributed by atoms with Crippen molar-refractivity contribution in [3.05, 3.63) is 11.5 Å². The predicted octanol–water partition coefficient (Wildman–Crippen LogP) is 3.52. The lowest BCUT2D eigenvalue weighted by Crippen LogP contribution is -2.11. The van der Waals surface area contributed by atoms with E-state index in [2.05, 4.69) is 27.8 Å². The number of nitrogens with zero attached hydrogens (tertiary/aromatic N) is 4. The Morgan fingerprint density at radius 1 is 1.37 bits per heavy atom. The number of aryl methyl sites for hydroxylation is 3. The van der Waals surface area contributed by atoms with Crippen LogP contribution in [0.3, 0.4) is 0 Å². The van der Waals surface area contributed by atoms with Gasteiger partial charge in [-0.05, 0) is 26.5 Å². The van der Waals surface area contributed by atoms with Crippen LogP contribution in [0.25, 0.3) is 11.2 Å². The van der Waals surface area contributed by atoms with Crippen molar-refractivity contribution in [2.75, 3.05) is 6.26 Å². The third-order valence-corrected chi connectivity index (χ3v) is 4.67. The summed E-state index contributed by atoms with van der Waals surface area (Å²) in [5.74, 6) is 0.945. The molecule has 19 heavy (non-hydrogen) atoms. The highest BCUT2D eigenvalue weighted by molar-refractivity contribution is 7.99. The van der Waals surface area contributed by atoms with Gasteiger partial charge in [-0.1, -0.05) is 6.92 Å². The van der Waals surface area contributed by atoms with Gasteiger partial charge in [0, 0.05) is 18.8 Å². The van der Waals surface area contributed by atoms with Crippen molar-refractivity contribution in [1.82, 2.24) is 19.3 Å². The topological polar surface area (TPSA) is 35.6 Å². The van der Waals surface area contributed by atoms with Gasteiger partial charge >= 0.3 is 0 Å². The SMILES string of the molecule is CSC(C)CCn1c(C(C)Cl)nc2c(C)nn(C)c21. The maximum absolute atomic E-state index is 6.27. The highest BCUT2D eigenvalue weighted by Gasteiger charge is 2.20. The molecule has 0 fully saturated rings. The van der Waals surface area contributed by atoms with Crippen molar-refractivity contribution in [3.63, 3.8) is 0 Å². The van der Waals surface area contributed by atoms with E-state index in [1.54, 1.807) is 0 Å². The Hall–Kier alpha value is -0.680. The van der Waals surface area contributed by atoms with Crippen molar-refractivity contribution < 1.29 is 0 Å². The molecule has 2 unspecified atom stereocenters. The molecule has 2 atom stereocenters. The van der Waals surface area contributed by atoms with E-state index in [1.165, 1.54) is 0 Å². The van der Waals surface area contributed by atoms with Crippen LogP contribution in [0, 0.1) is 6.92 Å². The summed E-state index contributed by atoms with van der Waals surface area (Å²) in [4.78, 5) is 4.68. The molecule has 0 aliphatic rings. The fraction of sp³-hybridized carbons (Fsp3) is 0.692. The zero-order valence-corrected chi connectivity index (χ0v) is 13.7. The Labute approximate surface area is 123 Å². The molecule has 0 radical (unpaired) electrons. The lowest BCUT2D eigenvalue weighted by atomic mass is 10.3. The van der Waals surface area contributed by atoms with Crippen LogP contribution in [0.15, 0.2) is 0 Å². The number of alkyl halides is 1. The summed E-state index contributed by atoms with van der Waals surface area (Å²) in [6.45, 7) is 7.15. The summed E-state index contributed by atoms with van der Waals surface area (Å²) < 4.78 is 4.13. The predicted molar refractivity (Wildman–Crippen MR) is 83.1 cm³/mol. The smallest absolute Gasteiger partial charge is 0.158 e. The van der Waals surface area contributed by atoms with Crippen LogP contribution in [0.4, 0.5) is 0 Å². The first-order chi connectivity index (χ1) is 8.95. The summed E-state index contributed by atoms with van der Waals surface area (Å²) in [6.07, 6.45) is 3.25. The van der Waals surface area contributed by atoms with Gasteiger partial charge in [0.2, 0.25) is 0 Å². The molecular weight excluding hydrogens is 280 g/mol. The maximum Gasteiger partial charge on any atom is 0.158 e. The molecule has 106 valence electrons. The summed E-state index contributed by atoms with van der Waals surface area (Å²) in [7, 11) is 1.97. The van der Waals surface area contributed by atoms with Crippen LogP contribution < -0.4 is 0 Å². The first-order valence-electron chi connectivity index (χ1n) is 6.52. The van der Waals surface area contributed by atoms with Crippen LogP contribution in [-0.2, 0) is 13.6 Å². The molecule has 0 aromatic carbocycles. The Morgan fingerprint density at radius 2 is 2.05 bits per heavy atom. The number of imidazole rings is 1. The van der Waals surface area contributed by atoms with Gasteiger partial charge < -0.3 is 4.57 Å². The van der Waals surface area contributed by atoms with E-state index in [9.17, 15) is 0 Å². The molecule has 2 rings (SSSR count). The Morgan fingerprint density at radius 3 is 2.63 bits per heavy atom. The van der Waals surface area contributed by atoms with Crippen LogP contribution in [0.2, 0.25) is 0 Å². The zero-order valence-electron chi connectivity index (χ0n) is 12.1. The first-order valence-corrected chi connectivity index (χ1v) is 8.24. The third-order valence-electron chi connectivity index (χ3n) is 3.44. The molecule has 0 amide bonds. The number of hydrogen-bond donors (Lipinski definition) is 0. The first kappa shape index (κ1) is 14.7. The molecule has 0 N–H and O–H groups in total. The van der Waals surface area contributed by atoms with Crippen molar-refractivity contribution in [2.45, 2.75) is 44.4 Å². The number of hydrogen-bond acceptors (Lipinski definition) is 3. The van der Waals surface area contributed by atoms with E-state index in [1.807, 2.05) is 37.3 Å². The largest absolute Gasteiger partial charge is 0.312 e. The number of aromatic nitrogens is 4. The van der Waals surface area contributed by atoms with Gasteiger partial charge in [0.25, 0.3) is 0 Å². The highest BCUT2D eigenvalue weighted by atomic mass is 35.5. The summed E-state index contributed by atoms with van der Waals surface area (Å²) in [5, 5.41) is 4.99. The van der Waals surface area contributed by atoms with Crippen LogP contribution in [0.1, 0.15) is 37.2 Å². The van der Waals surface area contributed by atoms with Gasteiger partial charge in [-0.25, -0.2) is 4.98 Å². The molecule has 0 aliphatic carbocycles. The van der Waals surface area contributed by atoms with Crippen molar-refractivity contribution in [2.24, 2.45) is 7.05 Å². The standard InChI is InChI=1S/C13H21ClN4S/c1-8(19-5)6-7-18-12(9(2)14)15-11-10(3)16-17(4)13(11)18/h8-9H,6-7H2,1-5H3. The van der Waals surface area contributed by atoms with E-state index >= 15 is 0 Å². The lowest BCUT2D eigenvalue weighted by molar-refractivity contribution is 0.603. The zero-order chi connectivity index (χ0) is 14.2. The maximum atomic E-state index is 6.27. The van der Waals surface area contributed by atoms with E-state index in [0.717, 1.165) is 35.6 Å². The molecule has 2 aromatic heterocycles. The second-order valence-corrected chi connectivity index (χ2v) is 6.88. The molecule has 0 saturated heterocycles. The van der Waals surface area contributed by atoms with Gasteiger partial charge in [-0.15, -0.1) is 11.6 Å². The van der Waals surface area contributed by atoms with Crippen molar-refractivity contribution in [3.8, 4) is 0 Å². The molecule has 0 saturated carbocycles. The van der Waals surface area contributed by atoms with Gasteiger partial charge in [0.1, 0.15) is 11.3 Å². The van der Waals surface area contributed by atoms with Gasteiger partial charge in [0.05, 0.1) is 11.1 Å². The number of halogens is 1. The van der Waals surface area contributed by atoms with Gasteiger partial charge in [-0.3, -0.25) is 4.68 Å². The summed E-state index contributed by atoms with van der Waals surface area (Å²) >= 11 is 8.16. The highest BCUT2D eigenvalue weighted by Crippen LogP contribution is 2.27. The number of rotatable bonds is 5. The monoisotopic (exact) mass is 300 g/mol. The summed E-state index contributed by atoms with van der Waals surface area (Å²) in [5.41, 5.74) is 3.02.